The van der Waals surface area contributed by atoms with Gasteiger partial charge in [-0.15, -0.1) is 0 Å². The summed E-state index contributed by atoms with van der Waals surface area (Å²) < 4.78 is 29.4. The molecule has 1 saturated carbocycles. The smallest absolute Gasteiger partial charge is 0.264 e. The van der Waals surface area contributed by atoms with E-state index in [1.54, 1.807) is 60.7 Å². The van der Waals surface area contributed by atoms with Gasteiger partial charge in [0.15, 0.2) is 0 Å². The van der Waals surface area contributed by atoms with Gasteiger partial charge in [0.05, 0.1) is 20.6 Å². The second-order valence-electron chi connectivity index (χ2n) is 12.0. The molecule has 0 radical (unpaired) electrons. The second-order valence-corrected chi connectivity index (χ2v) is 14.7. The Balaban J connectivity index is 1.56. The molecule has 7 nitrogen and oxygen atoms in total. The highest BCUT2D eigenvalue weighted by atomic mass is 35.5. The van der Waals surface area contributed by atoms with Crippen molar-refractivity contribution in [2.24, 2.45) is 0 Å². The molecular formula is C37H39Cl2N3O4S. The lowest BCUT2D eigenvalue weighted by Crippen LogP contribution is -2.55. The highest BCUT2D eigenvalue weighted by Crippen LogP contribution is 2.27. The molecule has 1 fully saturated rings. The van der Waals surface area contributed by atoms with Crippen LogP contribution in [-0.2, 0) is 32.6 Å². The minimum absolute atomic E-state index is 0.0124. The van der Waals surface area contributed by atoms with Crippen molar-refractivity contribution in [3.05, 3.63) is 130 Å². The Labute approximate surface area is 287 Å². The van der Waals surface area contributed by atoms with Crippen LogP contribution in [0.4, 0.5) is 5.69 Å². The lowest BCUT2D eigenvalue weighted by atomic mass is 9.94. The first-order valence-corrected chi connectivity index (χ1v) is 18.0. The van der Waals surface area contributed by atoms with E-state index in [1.165, 1.54) is 17.0 Å². The minimum atomic E-state index is -4.17. The van der Waals surface area contributed by atoms with Crippen molar-refractivity contribution < 1.29 is 18.0 Å². The number of halogens is 2. The summed E-state index contributed by atoms with van der Waals surface area (Å²) in [5, 5.41) is 3.90. The van der Waals surface area contributed by atoms with Gasteiger partial charge in [0, 0.05) is 19.0 Å². The van der Waals surface area contributed by atoms with Crippen LogP contribution in [0.25, 0.3) is 0 Å². The molecule has 0 bridgehead atoms. The zero-order valence-electron chi connectivity index (χ0n) is 26.3. The Bertz CT molecular complexity index is 1760. The number of amides is 2. The summed E-state index contributed by atoms with van der Waals surface area (Å²) in [5.74, 6) is -0.808. The van der Waals surface area contributed by atoms with Crippen molar-refractivity contribution in [2.45, 2.75) is 69.0 Å². The van der Waals surface area contributed by atoms with E-state index in [9.17, 15) is 18.0 Å². The van der Waals surface area contributed by atoms with E-state index < -0.39 is 28.5 Å². The molecule has 0 unspecified atom stereocenters. The third-order valence-corrected chi connectivity index (χ3v) is 11.0. The number of hydrogen-bond acceptors (Lipinski definition) is 4. The summed E-state index contributed by atoms with van der Waals surface area (Å²) >= 11 is 12.6. The average Bonchev–Trinajstić information content (AvgIpc) is 3.08. The van der Waals surface area contributed by atoms with Gasteiger partial charge in [0.25, 0.3) is 10.0 Å². The lowest BCUT2D eigenvalue weighted by Gasteiger charge is -2.35. The summed E-state index contributed by atoms with van der Waals surface area (Å²) in [4.78, 5) is 30.4. The maximum absolute atomic E-state index is 14.6. The summed E-state index contributed by atoms with van der Waals surface area (Å²) in [6, 6.07) is 28.7. The van der Waals surface area contributed by atoms with Gasteiger partial charge in [-0.25, -0.2) is 8.42 Å². The predicted octanol–water partition coefficient (Wildman–Crippen LogP) is 7.59. The molecule has 5 rings (SSSR count). The van der Waals surface area contributed by atoms with Gasteiger partial charge < -0.3 is 10.2 Å². The number of hydrogen-bond donors (Lipinski definition) is 1. The van der Waals surface area contributed by atoms with Crippen molar-refractivity contribution >= 4 is 50.7 Å². The van der Waals surface area contributed by atoms with E-state index in [4.69, 9.17) is 23.2 Å². The molecule has 1 atom stereocenters. The molecule has 1 aliphatic carbocycles. The quantitative estimate of drug-likeness (QED) is 0.166. The molecular weight excluding hydrogens is 653 g/mol. The molecule has 47 heavy (non-hydrogen) atoms. The molecule has 4 aromatic rings. The molecule has 0 saturated heterocycles. The van der Waals surface area contributed by atoms with Gasteiger partial charge in [-0.3, -0.25) is 13.9 Å². The van der Waals surface area contributed by atoms with Gasteiger partial charge >= 0.3 is 0 Å². The standard InChI is InChI=1S/C37H39Cl2N3O4S/c1-27-17-20-32(21-18-27)47(45,46)42(31-15-9-4-10-16-31)26-36(43)41(25-29-19-22-33(38)34(39)23-29)35(24-28-11-5-2-6-12-28)37(44)40-30-13-7-3-8-14-30/h2,4-6,9-12,15-23,30,35H,3,7-8,13-14,24-26H2,1H3,(H,40,44)/t35-/m1/s1. The second kappa shape index (κ2) is 15.8. The summed E-state index contributed by atoms with van der Waals surface area (Å²) in [5.41, 5.74) is 2.77. The van der Waals surface area contributed by atoms with Crippen molar-refractivity contribution in [1.82, 2.24) is 10.2 Å². The fourth-order valence-electron chi connectivity index (χ4n) is 5.89. The Hall–Kier alpha value is -3.85. The largest absolute Gasteiger partial charge is 0.352 e. The molecule has 4 aromatic carbocycles. The van der Waals surface area contributed by atoms with E-state index in [2.05, 4.69) is 5.32 Å². The van der Waals surface area contributed by atoms with Gasteiger partial charge in [-0.1, -0.05) is 115 Å². The molecule has 0 spiro atoms. The number of nitrogens with one attached hydrogen (secondary N) is 1. The van der Waals surface area contributed by atoms with E-state index in [0.717, 1.165) is 47.5 Å². The van der Waals surface area contributed by atoms with Crippen LogP contribution < -0.4 is 9.62 Å². The van der Waals surface area contributed by atoms with E-state index in [-0.39, 0.29) is 29.8 Å². The van der Waals surface area contributed by atoms with Crippen LogP contribution in [0.3, 0.4) is 0 Å². The van der Waals surface area contributed by atoms with Crippen LogP contribution in [0.2, 0.25) is 10.0 Å². The van der Waals surface area contributed by atoms with Gasteiger partial charge in [0.2, 0.25) is 11.8 Å². The highest BCUT2D eigenvalue weighted by molar-refractivity contribution is 7.92. The number of rotatable bonds is 12. The highest BCUT2D eigenvalue weighted by Gasteiger charge is 2.35. The third kappa shape index (κ3) is 8.95. The van der Waals surface area contributed by atoms with Crippen LogP contribution in [0, 0.1) is 6.92 Å². The van der Waals surface area contributed by atoms with Crippen molar-refractivity contribution in [3.8, 4) is 0 Å². The SMILES string of the molecule is Cc1ccc(S(=O)(=O)N(CC(=O)N(Cc2ccc(Cl)c(Cl)c2)[C@H](Cc2ccccc2)C(=O)NC2CCCCC2)c2ccccc2)cc1. The monoisotopic (exact) mass is 691 g/mol. The number of carbonyl (C=O) groups is 2. The summed E-state index contributed by atoms with van der Waals surface area (Å²) in [6.45, 7) is 1.36. The van der Waals surface area contributed by atoms with Gasteiger partial charge in [0.1, 0.15) is 12.6 Å². The van der Waals surface area contributed by atoms with Gasteiger partial charge in [-0.2, -0.15) is 0 Å². The van der Waals surface area contributed by atoms with Gasteiger partial charge in [-0.05, 0) is 67.3 Å². The number of anilines is 1. The van der Waals surface area contributed by atoms with Crippen LogP contribution in [0.15, 0.2) is 108 Å². The Kier molecular flexibility index (Phi) is 11.6. The van der Waals surface area contributed by atoms with Crippen LogP contribution in [-0.4, -0.2) is 43.8 Å². The minimum Gasteiger partial charge on any atom is -0.352 e. The maximum Gasteiger partial charge on any atom is 0.264 e. The van der Waals surface area contributed by atoms with E-state index >= 15 is 0 Å². The predicted molar refractivity (Wildman–Crippen MR) is 188 cm³/mol. The molecule has 0 aromatic heterocycles. The average molecular weight is 693 g/mol. The first-order valence-electron chi connectivity index (χ1n) is 15.8. The summed E-state index contributed by atoms with van der Waals surface area (Å²) in [6.07, 6.45) is 5.18. The Morgan fingerprint density at radius 2 is 1.45 bits per heavy atom. The van der Waals surface area contributed by atoms with Crippen LogP contribution >= 0.6 is 23.2 Å². The molecule has 1 N–H and O–H groups in total. The van der Waals surface area contributed by atoms with Crippen molar-refractivity contribution in [1.29, 1.82) is 0 Å². The van der Waals surface area contributed by atoms with Crippen molar-refractivity contribution in [3.63, 3.8) is 0 Å². The normalized spacial score (nSPS) is 14.3. The maximum atomic E-state index is 14.6. The fraction of sp³-hybridized carbons (Fsp3) is 0.297. The number of nitrogens with zero attached hydrogens (tertiary/aromatic N) is 2. The number of carbonyl (C=O) groups excluding carboxylic acids is 2. The molecule has 2 amide bonds. The van der Waals surface area contributed by atoms with Crippen molar-refractivity contribution in [2.75, 3.05) is 10.8 Å². The number of para-hydroxylation sites is 1. The van der Waals surface area contributed by atoms with E-state index in [0.29, 0.717) is 21.3 Å². The molecule has 0 aliphatic heterocycles. The number of aryl methyl sites for hydroxylation is 1. The molecule has 0 heterocycles. The van der Waals surface area contributed by atoms with E-state index in [1.807, 2.05) is 37.3 Å². The van der Waals surface area contributed by atoms with Crippen LogP contribution in [0.5, 0.6) is 0 Å². The number of sulfonamides is 1. The first-order chi connectivity index (χ1) is 22.6. The first kappa shape index (κ1) is 34.5. The summed E-state index contributed by atoms with van der Waals surface area (Å²) in [7, 11) is -4.17. The third-order valence-electron chi connectivity index (χ3n) is 8.49. The number of benzene rings is 4. The van der Waals surface area contributed by atoms with Crippen LogP contribution in [0.1, 0.15) is 48.8 Å². The molecule has 10 heteroatoms. The zero-order chi connectivity index (χ0) is 33.4. The lowest BCUT2D eigenvalue weighted by molar-refractivity contribution is -0.140. The molecule has 246 valence electrons. The topological polar surface area (TPSA) is 86.8 Å². The fourth-order valence-corrected chi connectivity index (χ4v) is 7.63. The molecule has 1 aliphatic rings. The zero-order valence-corrected chi connectivity index (χ0v) is 28.6. The Morgan fingerprint density at radius 3 is 2.09 bits per heavy atom. The Morgan fingerprint density at radius 1 is 0.809 bits per heavy atom.